The molecule has 4 nitrogen and oxygen atoms in total. The lowest BCUT2D eigenvalue weighted by Gasteiger charge is -2.32. The zero-order valence-electron chi connectivity index (χ0n) is 13.3. The highest BCUT2D eigenvalue weighted by atomic mass is 19.4. The Labute approximate surface area is 124 Å². The van der Waals surface area contributed by atoms with Crippen molar-refractivity contribution in [1.82, 2.24) is 10.2 Å². The van der Waals surface area contributed by atoms with Gasteiger partial charge in [-0.15, -0.1) is 0 Å². The lowest BCUT2D eigenvalue weighted by atomic mass is 9.89. The van der Waals surface area contributed by atoms with Crippen LogP contribution in [0.25, 0.3) is 0 Å². The van der Waals surface area contributed by atoms with Crippen molar-refractivity contribution >= 4 is 5.97 Å². The zero-order chi connectivity index (χ0) is 16.7. The van der Waals surface area contributed by atoms with Gasteiger partial charge in [0.05, 0.1) is 6.54 Å². The van der Waals surface area contributed by atoms with Crippen LogP contribution in [0.4, 0.5) is 13.2 Å². The van der Waals surface area contributed by atoms with Crippen molar-refractivity contribution in [3.8, 4) is 0 Å². The van der Waals surface area contributed by atoms with Crippen molar-refractivity contribution in [3.05, 3.63) is 0 Å². The van der Waals surface area contributed by atoms with Gasteiger partial charge >= 0.3 is 12.1 Å². The maximum absolute atomic E-state index is 12.4. The highest BCUT2D eigenvalue weighted by Crippen LogP contribution is 2.21. The summed E-state index contributed by atoms with van der Waals surface area (Å²) in [5.41, 5.74) is -1.06. The lowest BCUT2D eigenvalue weighted by molar-refractivity contribution is -0.148. The largest absolute Gasteiger partial charge is 0.480 e. The van der Waals surface area contributed by atoms with Gasteiger partial charge in [-0.25, -0.2) is 0 Å². The molecule has 0 saturated carbocycles. The first kappa shape index (κ1) is 20.2. The van der Waals surface area contributed by atoms with E-state index in [4.69, 9.17) is 0 Å². The van der Waals surface area contributed by atoms with E-state index in [2.05, 4.69) is 5.32 Å². The van der Waals surface area contributed by atoms with E-state index < -0.39 is 24.2 Å². The third-order valence-electron chi connectivity index (χ3n) is 3.51. The smallest absolute Gasteiger partial charge is 0.401 e. The molecule has 0 aliphatic carbocycles. The SMILES string of the molecule is CCN(CCCC(CC)(NC(C)C)C(=O)O)CC(F)(F)F. The Balaban J connectivity index is 4.58. The molecule has 2 N–H and O–H groups in total. The monoisotopic (exact) mass is 312 g/mol. The van der Waals surface area contributed by atoms with Crippen LogP contribution in [0.1, 0.15) is 47.0 Å². The second-order valence-corrected chi connectivity index (χ2v) is 5.63. The van der Waals surface area contributed by atoms with Gasteiger partial charge < -0.3 is 5.11 Å². The molecular formula is C14H27F3N2O2. The molecule has 0 amide bonds. The summed E-state index contributed by atoms with van der Waals surface area (Å²) in [4.78, 5) is 12.8. The predicted octanol–water partition coefficient (Wildman–Crippen LogP) is 2.88. The van der Waals surface area contributed by atoms with Gasteiger partial charge in [0.1, 0.15) is 5.54 Å². The average molecular weight is 312 g/mol. The van der Waals surface area contributed by atoms with Crippen molar-refractivity contribution in [1.29, 1.82) is 0 Å². The number of nitrogens with one attached hydrogen (secondary N) is 1. The number of carboxylic acids is 1. The van der Waals surface area contributed by atoms with Gasteiger partial charge in [0.25, 0.3) is 0 Å². The van der Waals surface area contributed by atoms with Gasteiger partial charge in [0.2, 0.25) is 0 Å². The molecule has 0 aromatic heterocycles. The fourth-order valence-corrected chi connectivity index (χ4v) is 2.43. The van der Waals surface area contributed by atoms with Crippen LogP contribution in [0.15, 0.2) is 0 Å². The average Bonchev–Trinajstić information content (AvgIpc) is 2.33. The fraction of sp³-hybridized carbons (Fsp3) is 0.929. The molecule has 0 saturated heterocycles. The fourth-order valence-electron chi connectivity index (χ4n) is 2.43. The highest BCUT2D eigenvalue weighted by Gasteiger charge is 2.37. The number of hydrogen-bond donors (Lipinski definition) is 2. The number of rotatable bonds is 10. The van der Waals surface area contributed by atoms with Gasteiger partial charge in [0.15, 0.2) is 0 Å². The number of halogens is 3. The summed E-state index contributed by atoms with van der Waals surface area (Å²) in [5, 5.41) is 12.5. The molecule has 0 aliphatic rings. The Hall–Kier alpha value is -0.820. The maximum atomic E-state index is 12.4. The van der Waals surface area contributed by atoms with Gasteiger partial charge in [-0.1, -0.05) is 13.8 Å². The van der Waals surface area contributed by atoms with Gasteiger partial charge in [-0.05, 0) is 46.2 Å². The minimum atomic E-state index is -4.22. The summed E-state index contributed by atoms with van der Waals surface area (Å²) in [5.74, 6) is -0.947. The molecule has 0 fully saturated rings. The quantitative estimate of drug-likeness (QED) is 0.651. The predicted molar refractivity (Wildman–Crippen MR) is 76.3 cm³/mol. The number of carboxylic acid groups (broad SMARTS) is 1. The van der Waals surface area contributed by atoms with Crippen molar-refractivity contribution in [2.45, 2.75) is 64.7 Å². The summed E-state index contributed by atoms with van der Waals surface area (Å²) in [6, 6.07) is -0.00139. The molecule has 21 heavy (non-hydrogen) atoms. The number of nitrogens with zero attached hydrogens (tertiary/aromatic N) is 1. The Morgan fingerprint density at radius 3 is 2.19 bits per heavy atom. The van der Waals surface area contributed by atoms with Crippen LogP contribution in [0, 0.1) is 0 Å². The second kappa shape index (κ2) is 8.58. The third-order valence-corrected chi connectivity index (χ3v) is 3.51. The summed E-state index contributed by atoms with van der Waals surface area (Å²) < 4.78 is 37.1. The van der Waals surface area contributed by atoms with E-state index in [1.54, 1.807) is 13.8 Å². The van der Waals surface area contributed by atoms with Crippen LogP contribution < -0.4 is 5.32 Å². The first-order valence-corrected chi connectivity index (χ1v) is 7.36. The van der Waals surface area contributed by atoms with E-state index in [0.717, 1.165) is 0 Å². The van der Waals surface area contributed by atoms with Gasteiger partial charge in [-0.2, -0.15) is 13.2 Å². The van der Waals surface area contributed by atoms with Crippen LogP contribution in [0.2, 0.25) is 0 Å². The molecule has 7 heteroatoms. The van der Waals surface area contributed by atoms with Gasteiger partial charge in [-0.3, -0.25) is 15.0 Å². The molecule has 0 bridgehead atoms. The van der Waals surface area contributed by atoms with Crippen molar-refractivity contribution in [2.24, 2.45) is 0 Å². The molecule has 1 atom stereocenters. The molecule has 0 aromatic carbocycles. The molecule has 0 spiro atoms. The van der Waals surface area contributed by atoms with E-state index in [-0.39, 0.29) is 12.6 Å². The summed E-state index contributed by atoms with van der Waals surface area (Å²) in [6.45, 7) is 6.74. The minimum absolute atomic E-state index is 0.00139. The Morgan fingerprint density at radius 1 is 1.29 bits per heavy atom. The molecular weight excluding hydrogens is 285 g/mol. The normalized spacial score (nSPS) is 15.5. The van der Waals surface area contributed by atoms with Crippen molar-refractivity contribution < 1.29 is 23.1 Å². The molecule has 126 valence electrons. The standard InChI is InChI=1S/C14H27F3N2O2/c1-5-13(12(20)21,18-11(3)4)8-7-9-19(6-2)10-14(15,16)17/h11,18H,5-10H2,1-4H3,(H,20,21). The van der Waals surface area contributed by atoms with Crippen LogP contribution in [0.3, 0.4) is 0 Å². The molecule has 0 rings (SSSR count). The Kier molecular flexibility index (Phi) is 8.25. The van der Waals surface area contributed by atoms with E-state index in [1.165, 1.54) is 4.90 Å². The van der Waals surface area contributed by atoms with E-state index in [0.29, 0.717) is 25.8 Å². The van der Waals surface area contributed by atoms with Crippen LogP contribution in [0.5, 0.6) is 0 Å². The summed E-state index contributed by atoms with van der Waals surface area (Å²) in [7, 11) is 0. The van der Waals surface area contributed by atoms with Crippen LogP contribution in [-0.2, 0) is 4.79 Å². The minimum Gasteiger partial charge on any atom is -0.480 e. The zero-order valence-corrected chi connectivity index (χ0v) is 13.3. The molecule has 1 unspecified atom stereocenters. The van der Waals surface area contributed by atoms with E-state index >= 15 is 0 Å². The maximum Gasteiger partial charge on any atom is 0.401 e. The lowest BCUT2D eigenvalue weighted by Crippen LogP contribution is -2.54. The Morgan fingerprint density at radius 2 is 1.86 bits per heavy atom. The first-order chi connectivity index (χ1) is 9.56. The second-order valence-electron chi connectivity index (χ2n) is 5.63. The van der Waals surface area contributed by atoms with Gasteiger partial charge in [0, 0.05) is 6.04 Å². The number of hydrogen-bond acceptors (Lipinski definition) is 3. The van der Waals surface area contributed by atoms with E-state index in [9.17, 15) is 23.1 Å². The summed E-state index contributed by atoms with van der Waals surface area (Å²) in [6.07, 6.45) is -3.11. The molecule has 0 radical (unpaired) electrons. The highest BCUT2D eigenvalue weighted by molar-refractivity contribution is 5.78. The number of carbonyl (C=O) groups is 1. The van der Waals surface area contributed by atoms with E-state index in [1.807, 2.05) is 13.8 Å². The number of aliphatic carboxylic acids is 1. The molecule has 0 heterocycles. The first-order valence-electron chi connectivity index (χ1n) is 7.36. The molecule has 0 aromatic rings. The number of alkyl halides is 3. The van der Waals surface area contributed by atoms with Crippen LogP contribution >= 0.6 is 0 Å². The van der Waals surface area contributed by atoms with Crippen molar-refractivity contribution in [2.75, 3.05) is 19.6 Å². The topological polar surface area (TPSA) is 52.6 Å². The summed E-state index contributed by atoms with van der Waals surface area (Å²) >= 11 is 0. The molecule has 0 aliphatic heterocycles. The third kappa shape index (κ3) is 7.66. The Bertz CT molecular complexity index is 322. The van der Waals surface area contributed by atoms with Crippen LogP contribution in [-0.4, -0.2) is 53.4 Å². The van der Waals surface area contributed by atoms with Crippen molar-refractivity contribution in [3.63, 3.8) is 0 Å².